The SMILES string of the molecule is COc1ccc(S(=O)(=O)N2CCN(C[C@@H](O)CO)CC2)cc1. The average Bonchev–Trinajstić information content (AvgIpc) is 2.55. The lowest BCUT2D eigenvalue weighted by Crippen LogP contribution is -2.50. The topological polar surface area (TPSA) is 90.3 Å². The number of β-amino-alcohol motifs (C(OH)–C–C–N with tert-alkyl or cyclic N) is 1. The zero-order valence-corrected chi connectivity index (χ0v) is 13.4. The van der Waals surface area contributed by atoms with E-state index >= 15 is 0 Å². The molecule has 0 spiro atoms. The lowest BCUT2D eigenvalue weighted by Gasteiger charge is -2.34. The van der Waals surface area contributed by atoms with Crippen molar-refractivity contribution in [3.05, 3.63) is 24.3 Å². The van der Waals surface area contributed by atoms with Gasteiger partial charge in [-0.25, -0.2) is 8.42 Å². The van der Waals surface area contributed by atoms with E-state index in [9.17, 15) is 13.5 Å². The van der Waals surface area contributed by atoms with Gasteiger partial charge in [-0.2, -0.15) is 4.31 Å². The van der Waals surface area contributed by atoms with Crippen molar-refractivity contribution >= 4 is 10.0 Å². The first-order valence-electron chi connectivity index (χ1n) is 7.13. The molecule has 22 heavy (non-hydrogen) atoms. The molecule has 7 nitrogen and oxygen atoms in total. The summed E-state index contributed by atoms with van der Waals surface area (Å²) in [5.74, 6) is 0.613. The molecule has 1 atom stereocenters. The molecule has 0 aromatic heterocycles. The van der Waals surface area contributed by atoms with Gasteiger partial charge in [-0.3, -0.25) is 4.90 Å². The molecule has 1 fully saturated rings. The van der Waals surface area contributed by atoms with Gasteiger partial charge in [0.15, 0.2) is 0 Å². The van der Waals surface area contributed by atoms with Gasteiger partial charge in [0.2, 0.25) is 10.0 Å². The first kappa shape index (κ1) is 17.2. The van der Waals surface area contributed by atoms with Crippen LogP contribution in [0.3, 0.4) is 0 Å². The number of ether oxygens (including phenoxy) is 1. The van der Waals surface area contributed by atoms with Gasteiger partial charge >= 0.3 is 0 Å². The molecule has 0 unspecified atom stereocenters. The summed E-state index contributed by atoms with van der Waals surface area (Å²) >= 11 is 0. The number of nitrogens with zero attached hydrogens (tertiary/aromatic N) is 2. The van der Waals surface area contributed by atoms with Gasteiger partial charge in [-0.15, -0.1) is 0 Å². The van der Waals surface area contributed by atoms with E-state index in [1.807, 2.05) is 4.90 Å². The third kappa shape index (κ3) is 3.96. The number of piperazine rings is 1. The Morgan fingerprint density at radius 2 is 1.77 bits per heavy atom. The highest BCUT2D eigenvalue weighted by Crippen LogP contribution is 2.20. The standard InChI is InChI=1S/C14H22N2O5S/c1-21-13-2-4-14(5-3-13)22(19,20)16-8-6-15(7-9-16)10-12(18)11-17/h2-5,12,17-18H,6-11H2,1H3/t12-/m1/s1. The highest BCUT2D eigenvalue weighted by Gasteiger charge is 2.28. The minimum absolute atomic E-state index is 0.247. The van der Waals surface area contributed by atoms with Gasteiger partial charge < -0.3 is 14.9 Å². The van der Waals surface area contributed by atoms with Crippen LogP contribution in [0.15, 0.2) is 29.2 Å². The number of aliphatic hydroxyl groups is 2. The highest BCUT2D eigenvalue weighted by atomic mass is 32.2. The molecule has 1 aromatic carbocycles. The molecule has 1 aromatic rings. The summed E-state index contributed by atoms with van der Waals surface area (Å²) in [7, 11) is -1.97. The number of sulfonamides is 1. The lowest BCUT2D eigenvalue weighted by atomic mass is 10.3. The Labute approximate surface area is 130 Å². The van der Waals surface area contributed by atoms with Gasteiger partial charge in [-0.1, -0.05) is 0 Å². The fraction of sp³-hybridized carbons (Fsp3) is 0.571. The summed E-state index contributed by atoms with van der Waals surface area (Å²) in [6, 6.07) is 6.33. The largest absolute Gasteiger partial charge is 0.497 e. The van der Waals surface area contributed by atoms with E-state index in [1.165, 1.54) is 23.5 Å². The molecule has 1 heterocycles. The molecule has 124 valence electrons. The van der Waals surface area contributed by atoms with Crippen LogP contribution in [-0.4, -0.2) is 80.4 Å². The number of rotatable bonds is 6. The average molecular weight is 330 g/mol. The van der Waals surface area contributed by atoms with E-state index in [2.05, 4.69) is 0 Å². The van der Waals surface area contributed by atoms with Gasteiger partial charge in [0.25, 0.3) is 0 Å². The predicted octanol–water partition coefficient (Wildman–Crippen LogP) is -0.645. The van der Waals surface area contributed by atoms with Gasteiger partial charge in [0.05, 0.1) is 24.7 Å². The third-order valence-electron chi connectivity index (χ3n) is 3.71. The van der Waals surface area contributed by atoms with E-state index in [4.69, 9.17) is 9.84 Å². The molecule has 1 saturated heterocycles. The summed E-state index contributed by atoms with van der Waals surface area (Å²) in [4.78, 5) is 2.19. The Hall–Kier alpha value is -1.19. The minimum Gasteiger partial charge on any atom is -0.497 e. The molecule has 0 amide bonds. The van der Waals surface area contributed by atoms with Crippen LogP contribution in [0.2, 0.25) is 0 Å². The molecule has 0 saturated carbocycles. The van der Waals surface area contributed by atoms with Crippen LogP contribution in [0.25, 0.3) is 0 Å². The van der Waals surface area contributed by atoms with E-state index in [1.54, 1.807) is 12.1 Å². The fourth-order valence-corrected chi connectivity index (χ4v) is 3.83. The third-order valence-corrected chi connectivity index (χ3v) is 5.62. The maximum atomic E-state index is 12.5. The van der Waals surface area contributed by atoms with Gasteiger partial charge in [0, 0.05) is 32.7 Å². The summed E-state index contributed by atoms with van der Waals surface area (Å²) in [5, 5.41) is 18.3. The van der Waals surface area contributed by atoms with E-state index in [-0.39, 0.29) is 11.5 Å². The van der Waals surface area contributed by atoms with E-state index < -0.39 is 16.1 Å². The first-order chi connectivity index (χ1) is 10.5. The van der Waals surface area contributed by atoms with Crippen molar-refractivity contribution < 1.29 is 23.4 Å². The summed E-state index contributed by atoms with van der Waals surface area (Å²) < 4.78 is 31.6. The summed E-state index contributed by atoms with van der Waals surface area (Å²) in [5.41, 5.74) is 0. The van der Waals surface area contributed by atoms with E-state index in [0.717, 1.165) is 0 Å². The van der Waals surface area contributed by atoms with Crippen molar-refractivity contribution in [2.24, 2.45) is 0 Å². The summed E-state index contributed by atoms with van der Waals surface area (Å²) in [6.45, 7) is 1.87. The quantitative estimate of drug-likeness (QED) is 0.721. The zero-order chi connectivity index (χ0) is 16.2. The second-order valence-electron chi connectivity index (χ2n) is 5.22. The van der Waals surface area contributed by atoms with Gasteiger partial charge in [0.1, 0.15) is 5.75 Å². The van der Waals surface area contributed by atoms with Crippen molar-refractivity contribution in [1.29, 1.82) is 0 Å². The Balaban J connectivity index is 1.99. The Kier molecular flexibility index (Phi) is 5.76. The molecule has 8 heteroatoms. The van der Waals surface area contributed by atoms with Crippen molar-refractivity contribution in [1.82, 2.24) is 9.21 Å². The van der Waals surface area contributed by atoms with Crippen molar-refractivity contribution in [3.8, 4) is 5.75 Å². The number of hydrogen-bond acceptors (Lipinski definition) is 6. The second-order valence-corrected chi connectivity index (χ2v) is 7.15. The maximum absolute atomic E-state index is 12.5. The molecule has 1 aliphatic heterocycles. The van der Waals surface area contributed by atoms with Crippen molar-refractivity contribution in [2.45, 2.75) is 11.0 Å². The van der Waals surface area contributed by atoms with Crippen LogP contribution >= 0.6 is 0 Å². The fourth-order valence-electron chi connectivity index (χ4n) is 2.40. The number of benzene rings is 1. The molecular weight excluding hydrogens is 308 g/mol. The Morgan fingerprint density at radius 1 is 1.18 bits per heavy atom. The molecule has 1 aliphatic rings. The first-order valence-corrected chi connectivity index (χ1v) is 8.57. The van der Waals surface area contributed by atoms with Gasteiger partial charge in [-0.05, 0) is 24.3 Å². The smallest absolute Gasteiger partial charge is 0.243 e. The monoisotopic (exact) mass is 330 g/mol. The van der Waals surface area contributed by atoms with Crippen LogP contribution in [0.1, 0.15) is 0 Å². The number of methoxy groups -OCH3 is 1. The zero-order valence-electron chi connectivity index (χ0n) is 12.6. The van der Waals surface area contributed by atoms with Crippen LogP contribution in [0, 0.1) is 0 Å². The Morgan fingerprint density at radius 3 is 2.27 bits per heavy atom. The molecule has 2 rings (SSSR count). The normalized spacial score (nSPS) is 19.0. The maximum Gasteiger partial charge on any atom is 0.243 e. The molecule has 2 N–H and O–H groups in total. The van der Waals surface area contributed by atoms with E-state index in [0.29, 0.717) is 38.5 Å². The molecule has 0 aliphatic carbocycles. The highest BCUT2D eigenvalue weighted by molar-refractivity contribution is 7.89. The number of aliphatic hydroxyl groups excluding tert-OH is 2. The molecule has 0 bridgehead atoms. The lowest BCUT2D eigenvalue weighted by molar-refractivity contribution is 0.0491. The molecular formula is C14H22N2O5S. The predicted molar refractivity (Wildman–Crippen MR) is 81.3 cm³/mol. The molecule has 0 radical (unpaired) electrons. The second kappa shape index (κ2) is 7.38. The van der Waals surface area contributed by atoms with Crippen LogP contribution in [-0.2, 0) is 10.0 Å². The van der Waals surface area contributed by atoms with Crippen LogP contribution in [0.4, 0.5) is 0 Å². The van der Waals surface area contributed by atoms with Crippen molar-refractivity contribution in [3.63, 3.8) is 0 Å². The minimum atomic E-state index is -3.51. The summed E-state index contributed by atoms with van der Waals surface area (Å²) in [6.07, 6.45) is -0.787. The van der Waals surface area contributed by atoms with Crippen LogP contribution < -0.4 is 4.74 Å². The Bertz CT molecular complexity index is 567. The van der Waals surface area contributed by atoms with Crippen molar-refractivity contribution in [2.75, 3.05) is 46.4 Å². The number of hydrogen-bond donors (Lipinski definition) is 2. The van der Waals surface area contributed by atoms with Crippen LogP contribution in [0.5, 0.6) is 5.75 Å².